The molecule has 0 radical (unpaired) electrons. The Hall–Kier alpha value is -4.51. The molecule has 1 aromatic heterocycles. The van der Waals surface area contributed by atoms with E-state index in [1.165, 1.54) is 7.11 Å². The number of aromatic nitrogens is 1. The minimum Gasteiger partial charge on any atom is -0.496 e. The number of para-hydroxylation sites is 1. The normalized spacial score (nSPS) is 35.5. The Labute approximate surface area is 375 Å². The third-order valence-corrected chi connectivity index (χ3v) is 16.4. The number of hydrogen-bond acceptors (Lipinski definition) is 13. The number of methoxy groups -OCH3 is 2. The van der Waals surface area contributed by atoms with E-state index in [9.17, 15) is 24.9 Å². The van der Waals surface area contributed by atoms with Crippen LogP contribution in [0.25, 0.3) is 10.9 Å². The summed E-state index contributed by atoms with van der Waals surface area (Å²) in [6.45, 7) is 8.91. The van der Waals surface area contributed by atoms with Crippen molar-refractivity contribution in [2.75, 3.05) is 72.0 Å². The number of nitrogens with zero attached hydrogens (tertiary/aromatic N) is 3. The molecule has 9 rings (SSSR count). The molecular formula is C49H66N6O9. The first-order valence-electron chi connectivity index (χ1n) is 23.2. The summed E-state index contributed by atoms with van der Waals surface area (Å²) in [7, 11) is 4.89. The first kappa shape index (κ1) is 44.7. The van der Waals surface area contributed by atoms with Gasteiger partial charge >= 0.3 is 11.9 Å². The molecule has 8 unspecified atom stereocenters. The molecule has 64 heavy (non-hydrogen) atoms. The SMILES string of the molecule is CCC1(O)CC2CN(CCc3c([nH]c4ccccc34)C(C(=O)OC)(c3cc4c(cc3OC)N(C)C3C45CCN4CC=C[C@](CC)(C45)[C@@H](O)[C@]3(O)C(=O)NCCCOC(=O)C(C)N)C2)C1. The molecule has 6 aliphatic rings. The zero-order valence-corrected chi connectivity index (χ0v) is 38.1. The monoisotopic (exact) mass is 882 g/mol. The van der Waals surface area contributed by atoms with Crippen molar-refractivity contribution in [2.45, 2.75) is 112 Å². The van der Waals surface area contributed by atoms with Crippen LogP contribution in [0.5, 0.6) is 5.75 Å². The highest BCUT2D eigenvalue weighted by atomic mass is 16.5. The van der Waals surface area contributed by atoms with Crippen LogP contribution in [0, 0.1) is 11.3 Å². The van der Waals surface area contributed by atoms with Crippen LogP contribution in [-0.2, 0) is 41.1 Å². The highest BCUT2D eigenvalue weighted by Crippen LogP contribution is 2.67. The van der Waals surface area contributed by atoms with Crippen LogP contribution in [0.3, 0.4) is 0 Å². The summed E-state index contributed by atoms with van der Waals surface area (Å²) in [4.78, 5) is 52.7. The average Bonchev–Trinajstić information content (AvgIpc) is 3.95. The molecule has 1 aliphatic carbocycles. The molecule has 3 aromatic rings. The van der Waals surface area contributed by atoms with Crippen molar-refractivity contribution >= 4 is 34.4 Å². The molecule has 2 saturated heterocycles. The molecule has 1 spiro atoms. The average molecular weight is 883 g/mol. The van der Waals surface area contributed by atoms with E-state index in [0.29, 0.717) is 82.6 Å². The van der Waals surface area contributed by atoms with Gasteiger partial charge in [-0.2, -0.15) is 0 Å². The number of carbonyl (C=O) groups excluding carboxylic acids is 3. The third-order valence-electron chi connectivity index (χ3n) is 16.4. The maximum absolute atomic E-state index is 15.4. The van der Waals surface area contributed by atoms with E-state index in [1.807, 2.05) is 62.2 Å². The second-order valence-corrected chi connectivity index (χ2v) is 19.7. The predicted octanol–water partition coefficient (Wildman–Crippen LogP) is 2.64. The Bertz CT molecular complexity index is 2370. The van der Waals surface area contributed by atoms with Gasteiger partial charge in [-0.05, 0) is 87.6 Å². The number of benzene rings is 2. The molecule has 15 heteroatoms. The van der Waals surface area contributed by atoms with Gasteiger partial charge in [-0.3, -0.25) is 24.2 Å². The number of aromatic amines is 1. The molecule has 5 aliphatic heterocycles. The summed E-state index contributed by atoms with van der Waals surface area (Å²) in [5.41, 5.74) is 3.88. The quantitative estimate of drug-likeness (QED) is 0.0934. The number of likely N-dealkylation sites (N-methyl/N-ethyl adjacent to an activating group) is 1. The summed E-state index contributed by atoms with van der Waals surface area (Å²) < 4.78 is 17.6. The largest absolute Gasteiger partial charge is 0.496 e. The number of amides is 1. The number of fused-ring (bicyclic) bond motifs is 6. The number of anilines is 1. The summed E-state index contributed by atoms with van der Waals surface area (Å²) in [5, 5.41) is 42.1. The molecular weight excluding hydrogens is 817 g/mol. The number of nitrogens with two attached hydrogens (primary N) is 1. The fraction of sp³-hybridized carbons (Fsp3) is 0.612. The summed E-state index contributed by atoms with van der Waals surface area (Å²) >= 11 is 0. The van der Waals surface area contributed by atoms with Gasteiger partial charge in [0.15, 0.2) is 5.60 Å². The number of aliphatic hydroxyl groups excluding tert-OH is 1. The molecule has 2 aromatic carbocycles. The van der Waals surface area contributed by atoms with Crippen molar-refractivity contribution in [3.8, 4) is 5.75 Å². The van der Waals surface area contributed by atoms with E-state index < -0.39 is 63.5 Å². The zero-order valence-electron chi connectivity index (χ0n) is 38.1. The van der Waals surface area contributed by atoms with Crippen LogP contribution >= 0.6 is 0 Å². The molecule has 1 saturated carbocycles. The van der Waals surface area contributed by atoms with Crippen LogP contribution in [0.15, 0.2) is 48.6 Å². The van der Waals surface area contributed by atoms with Gasteiger partial charge in [-0.15, -0.1) is 0 Å². The van der Waals surface area contributed by atoms with Crippen molar-refractivity contribution in [1.29, 1.82) is 0 Å². The van der Waals surface area contributed by atoms with Crippen molar-refractivity contribution in [1.82, 2.24) is 20.1 Å². The van der Waals surface area contributed by atoms with Crippen LogP contribution < -0.4 is 20.7 Å². The Morgan fingerprint density at radius 1 is 1.05 bits per heavy atom. The van der Waals surface area contributed by atoms with Gasteiger partial charge in [0.25, 0.3) is 5.91 Å². The molecule has 7 N–H and O–H groups in total. The molecule has 11 atom stereocenters. The minimum atomic E-state index is -2.33. The molecule has 6 heterocycles. The van der Waals surface area contributed by atoms with Crippen molar-refractivity contribution < 1.29 is 43.9 Å². The van der Waals surface area contributed by atoms with E-state index in [1.54, 1.807) is 14.0 Å². The Morgan fingerprint density at radius 3 is 2.55 bits per heavy atom. The lowest BCUT2D eigenvalue weighted by Gasteiger charge is -2.63. The fourth-order valence-electron chi connectivity index (χ4n) is 13.8. The van der Waals surface area contributed by atoms with Crippen LogP contribution in [0.1, 0.15) is 81.7 Å². The number of esters is 2. The number of carbonyl (C=O) groups is 3. The number of hydrogen-bond donors (Lipinski definition) is 6. The molecule has 346 valence electrons. The summed E-state index contributed by atoms with van der Waals surface area (Å²) in [6.07, 6.45) is 5.87. The number of rotatable bonds is 11. The molecule has 3 fully saturated rings. The summed E-state index contributed by atoms with van der Waals surface area (Å²) in [5.74, 6) is -1.37. The first-order chi connectivity index (χ1) is 30.6. The number of nitrogens with one attached hydrogen (secondary N) is 2. The number of piperidine rings is 1. The first-order valence-corrected chi connectivity index (χ1v) is 23.2. The highest BCUT2D eigenvalue weighted by Gasteiger charge is 2.78. The smallest absolute Gasteiger partial charge is 0.322 e. The lowest BCUT2D eigenvalue weighted by molar-refractivity contribution is -0.203. The molecule has 1 amide bonds. The Morgan fingerprint density at radius 2 is 1.83 bits per heavy atom. The van der Waals surface area contributed by atoms with Gasteiger partial charge in [-0.1, -0.05) is 44.2 Å². The van der Waals surface area contributed by atoms with Crippen molar-refractivity contribution in [3.63, 3.8) is 0 Å². The van der Waals surface area contributed by atoms with Gasteiger partial charge < -0.3 is 50.5 Å². The highest BCUT2D eigenvalue weighted by molar-refractivity contribution is 5.95. The zero-order chi connectivity index (χ0) is 45.6. The lowest BCUT2D eigenvalue weighted by Crippen LogP contribution is -2.81. The van der Waals surface area contributed by atoms with Gasteiger partial charge in [-0.25, -0.2) is 0 Å². The van der Waals surface area contributed by atoms with E-state index in [4.69, 9.17) is 19.9 Å². The van der Waals surface area contributed by atoms with Gasteiger partial charge in [0.05, 0.1) is 32.5 Å². The van der Waals surface area contributed by atoms with Crippen LogP contribution in [0.2, 0.25) is 0 Å². The molecule has 2 bridgehead atoms. The van der Waals surface area contributed by atoms with Gasteiger partial charge in [0.2, 0.25) is 0 Å². The third kappa shape index (κ3) is 6.24. The second-order valence-electron chi connectivity index (χ2n) is 19.7. The maximum atomic E-state index is 15.4. The minimum absolute atomic E-state index is 0.0260. The van der Waals surface area contributed by atoms with E-state index >= 15 is 4.79 Å². The van der Waals surface area contributed by atoms with Crippen LogP contribution in [0.4, 0.5) is 5.69 Å². The second kappa shape index (κ2) is 16.1. The van der Waals surface area contributed by atoms with Crippen LogP contribution in [-0.4, -0.2) is 151 Å². The van der Waals surface area contributed by atoms with E-state index in [-0.39, 0.29) is 31.5 Å². The maximum Gasteiger partial charge on any atom is 0.322 e. The number of H-pyrrole nitrogens is 1. The molecule has 15 nitrogen and oxygen atoms in total. The van der Waals surface area contributed by atoms with E-state index in [2.05, 4.69) is 32.2 Å². The Balaban J connectivity index is 1.25. The van der Waals surface area contributed by atoms with Gasteiger partial charge in [0, 0.05) is 90.6 Å². The standard InChI is InChI=1S/C49H66N6O9/c1-7-45(60)25-30-26-48(44(59)63-6,38-32(15-20-54(27-30)28-45)31-13-9-10-14-35(31)52-38)34-23-33-36(24-37(34)62-5)53(4)41-47(33)17-21-55-19-11-16-46(8-2,40(47)55)42(57)49(41,61)43(58)51-18-12-22-64-39(56)29(3)50/h9-11,13-14,16,23-24,29-30,40-42,52,57,60-61H,7-8,12,15,17-22,25-28,50H2,1-6H3,(H,51,58)/t29?,30?,40?,41?,42-,45?,46-,47?,48?,49+/m1/s1. The van der Waals surface area contributed by atoms with E-state index in [0.717, 1.165) is 33.4 Å². The summed E-state index contributed by atoms with van der Waals surface area (Å²) in [6, 6.07) is 10.1. The number of ether oxygens (including phenoxy) is 3. The Kier molecular flexibility index (Phi) is 11.3. The lowest BCUT2D eigenvalue weighted by atomic mass is 9.47. The number of aliphatic hydroxyl groups is 3. The van der Waals surface area contributed by atoms with Gasteiger partial charge in [0.1, 0.15) is 23.3 Å². The van der Waals surface area contributed by atoms with Crippen molar-refractivity contribution in [3.05, 3.63) is 70.9 Å². The fourth-order valence-corrected chi connectivity index (χ4v) is 13.8. The topological polar surface area (TPSA) is 203 Å². The predicted molar refractivity (Wildman–Crippen MR) is 241 cm³/mol. The van der Waals surface area contributed by atoms with Crippen molar-refractivity contribution in [2.24, 2.45) is 17.1 Å².